The highest BCUT2D eigenvalue weighted by Crippen LogP contribution is 2.25. The molecule has 0 saturated heterocycles. The van der Waals surface area contributed by atoms with Crippen LogP contribution in [-0.2, 0) is 16.1 Å². The zero-order chi connectivity index (χ0) is 13.4. The van der Waals surface area contributed by atoms with Crippen LogP contribution in [0, 0.1) is 0 Å². The molecule has 0 heterocycles. The normalized spacial score (nSPS) is 10.4. The predicted octanol–water partition coefficient (Wildman–Crippen LogP) is 2.53. The van der Waals surface area contributed by atoms with Crippen LogP contribution in [0.4, 0.5) is 5.69 Å². The molecule has 1 aromatic rings. The third-order valence-electron chi connectivity index (χ3n) is 2.46. The Labute approximate surface area is 116 Å². The maximum absolute atomic E-state index is 11.7. The van der Waals surface area contributed by atoms with Crippen LogP contribution in [0.5, 0.6) is 0 Å². The van der Waals surface area contributed by atoms with Crippen molar-refractivity contribution in [1.29, 1.82) is 0 Å². The molecule has 0 radical (unpaired) electrons. The van der Waals surface area contributed by atoms with Gasteiger partial charge in [0.1, 0.15) is 0 Å². The van der Waals surface area contributed by atoms with Gasteiger partial charge in [0.2, 0.25) is 5.91 Å². The van der Waals surface area contributed by atoms with E-state index >= 15 is 0 Å². The molecular formula is C13H19BrN2O2. The van der Waals surface area contributed by atoms with E-state index in [-0.39, 0.29) is 5.91 Å². The Hall–Kier alpha value is -0.910. The van der Waals surface area contributed by atoms with Gasteiger partial charge in [0, 0.05) is 35.8 Å². The lowest BCUT2D eigenvalue weighted by molar-refractivity contribution is -0.116. The first-order valence-corrected chi connectivity index (χ1v) is 6.75. The predicted molar refractivity (Wildman–Crippen MR) is 76.6 cm³/mol. The summed E-state index contributed by atoms with van der Waals surface area (Å²) in [7, 11) is 1.64. The summed E-state index contributed by atoms with van der Waals surface area (Å²) < 4.78 is 6.07. The van der Waals surface area contributed by atoms with Crippen LogP contribution >= 0.6 is 15.9 Å². The molecule has 0 aliphatic rings. The van der Waals surface area contributed by atoms with E-state index in [2.05, 4.69) is 26.6 Å². The van der Waals surface area contributed by atoms with Crippen LogP contribution < -0.4 is 10.6 Å². The van der Waals surface area contributed by atoms with Crippen LogP contribution in [0.25, 0.3) is 0 Å². The van der Waals surface area contributed by atoms with Gasteiger partial charge in [0.25, 0.3) is 0 Å². The van der Waals surface area contributed by atoms with Crippen molar-refractivity contribution in [2.75, 3.05) is 25.5 Å². The second-order valence-corrected chi connectivity index (χ2v) is 4.71. The van der Waals surface area contributed by atoms with Crippen LogP contribution in [-0.4, -0.2) is 26.1 Å². The number of hydrogen-bond acceptors (Lipinski definition) is 3. The lowest BCUT2D eigenvalue weighted by Crippen LogP contribution is -2.21. The van der Waals surface area contributed by atoms with Gasteiger partial charge >= 0.3 is 0 Å². The fraction of sp³-hybridized carbons (Fsp3) is 0.462. The zero-order valence-corrected chi connectivity index (χ0v) is 12.3. The average molecular weight is 315 g/mol. The number of carbonyl (C=O) groups excluding carboxylic acids is 1. The molecule has 0 spiro atoms. The van der Waals surface area contributed by atoms with Gasteiger partial charge in [-0.25, -0.2) is 0 Å². The lowest BCUT2D eigenvalue weighted by atomic mass is 10.2. The molecule has 0 fully saturated rings. The van der Waals surface area contributed by atoms with Gasteiger partial charge in [-0.15, -0.1) is 0 Å². The molecule has 5 heteroatoms. The van der Waals surface area contributed by atoms with Crippen molar-refractivity contribution in [3.05, 3.63) is 28.2 Å². The van der Waals surface area contributed by atoms with Gasteiger partial charge in [0.05, 0.1) is 6.61 Å². The molecule has 1 aromatic carbocycles. The van der Waals surface area contributed by atoms with Crippen LogP contribution in [0.2, 0.25) is 0 Å². The topological polar surface area (TPSA) is 50.4 Å². The van der Waals surface area contributed by atoms with E-state index in [9.17, 15) is 4.79 Å². The number of methoxy groups -OCH3 is 1. The van der Waals surface area contributed by atoms with Crippen molar-refractivity contribution < 1.29 is 9.53 Å². The maximum Gasteiger partial charge on any atom is 0.225 e. The number of hydrogen-bond donors (Lipinski definition) is 2. The first-order valence-electron chi connectivity index (χ1n) is 5.96. The summed E-state index contributed by atoms with van der Waals surface area (Å²) >= 11 is 3.46. The summed E-state index contributed by atoms with van der Waals surface area (Å²) in [5.41, 5.74) is 1.75. The summed E-state index contributed by atoms with van der Waals surface area (Å²) in [6.07, 6.45) is 0.465. The Morgan fingerprint density at radius 2 is 2.22 bits per heavy atom. The monoisotopic (exact) mass is 314 g/mol. The molecule has 0 aliphatic carbocycles. The van der Waals surface area contributed by atoms with Gasteiger partial charge in [-0.3, -0.25) is 4.79 Å². The van der Waals surface area contributed by atoms with Crippen molar-refractivity contribution in [1.82, 2.24) is 5.32 Å². The standard InChI is InChI=1S/C13H19BrN2O2/c1-3-15-8-7-13(17)16-12-6-4-5-11(14)10(12)9-18-2/h4-6,15H,3,7-9H2,1-2H3,(H,16,17). The van der Waals surface area contributed by atoms with Crippen molar-refractivity contribution in [3.63, 3.8) is 0 Å². The summed E-state index contributed by atoms with van der Waals surface area (Å²) in [5, 5.41) is 6.03. The van der Waals surface area contributed by atoms with Gasteiger partial charge in [-0.2, -0.15) is 0 Å². The van der Waals surface area contributed by atoms with Crippen molar-refractivity contribution in [2.45, 2.75) is 20.0 Å². The molecule has 2 N–H and O–H groups in total. The van der Waals surface area contributed by atoms with Crippen LogP contribution in [0.1, 0.15) is 18.9 Å². The number of benzene rings is 1. The summed E-state index contributed by atoms with van der Waals surface area (Å²) in [6, 6.07) is 5.70. The maximum atomic E-state index is 11.7. The molecule has 1 amide bonds. The first-order chi connectivity index (χ1) is 8.69. The van der Waals surface area contributed by atoms with Crippen molar-refractivity contribution >= 4 is 27.5 Å². The van der Waals surface area contributed by atoms with Crippen molar-refractivity contribution in [3.8, 4) is 0 Å². The van der Waals surface area contributed by atoms with Gasteiger partial charge in [-0.05, 0) is 18.7 Å². The average Bonchev–Trinajstić information content (AvgIpc) is 2.34. The third-order valence-corrected chi connectivity index (χ3v) is 3.20. The molecule has 18 heavy (non-hydrogen) atoms. The number of carbonyl (C=O) groups is 1. The molecule has 100 valence electrons. The van der Waals surface area contributed by atoms with Crippen LogP contribution in [0.3, 0.4) is 0 Å². The van der Waals surface area contributed by atoms with E-state index in [0.717, 1.165) is 22.3 Å². The molecule has 0 bridgehead atoms. The minimum Gasteiger partial charge on any atom is -0.380 e. The summed E-state index contributed by atoms with van der Waals surface area (Å²) in [4.78, 5) is 11.7. The Morgan fingerprint density at radius 3 is 2.89 bits per heavy atom. The third kappa shape index (κ3) is 4.76. The van der Waals surface area contributed by atoms with E-state index in [1.165, 1.54) is 0 Å². The largest absolute Gasteiger partial charge is 0.380 e. The van der Waals surface area contributed by atoms with Crippen LogP contribution in [0.15, 0.2) is 22.7 Å². The summed E-state index contributed by atoms with van der Waals surface area (Å²) in [5.74, 6) is 0.00593. The minimum absolute atomic E-state index is 0.00593. The molecule has 4 nitrogen and oxygen atoms in total. The second-order valence-electron chi connectivity index (χ2n) is 3.85. The van der Waals surface area contributed by atoms with Gasteiger partial charge < -0.3 is 15.4 Å². The van der Waals surface area contributed by atoms with E-state index in [4.69, 9.17) is 4.74 Å². The van der Waals surface area contributed by atoms with E-state index < -0.39 is 0 Å². The minimum atomic E-state index is 0.00593. The zero-order valence-electron chi connectivity index (χ0n) is 10.8. The Bertz CT molecular complexity index is 397. The Kier molecular flexibility index (Phi) is 6.93. The molecule has 0 unspecified atom stereocenters. The highest BCUT2D eigenvalue weighted by atomic mass is 79.9. The van der Waals surface area contributed by atoms with Gasteiger partial charge in [0.15, 0.2) is 0 Å². The first kappa shape index (κ1) is 15.1. The highest BCUT2D eigenvalue weighted by molar-refractivity contribution is 9.10. The van der Waals surface area contributed by atoms with Crippen molar-refractivity contribution in [2.24, 2.45) is 0 Å². The quantitative estimate of drug-likeness (QED) is 0.760. The number of ether oxygens (including phenoxy) is 1. The number of halogens is 1. The van der Waals surface area contributed by atoms with Gasteiger partial charge in [-0.1, -0.05) is 28.9 Å². The second kappa shape index (κ2) is 8.24. The molecular weight excluding hydrogens is 296 g/mol. The smallest absolute Gasteiger partial charge is 0.225 e. The summed E-state index contributed by atoms with van der Waals surface area (Å²) in [6.45, 7) is 4.04. The fourth-order valence-corrected chi connectivity index (χ4v) is 2.04. The molecule has 0 atom stereocenters. The Morgan fingerprint density at radius 1 is 1.44 bits per heavy atom. The Balaban J connectivity index is 2.65. The SMILES string of the molecule is CCNCCC(=O)Nc1cccc(Br)c1COC. The van der Waals surface area contributed by atoms with E-state index in [0.29, 0.717) is 19.6 Å². The molecule has 1 rings (SSSR count). The molecule has 0 aliphatic heterocycles. The van der Waals surface area contributed by atoms with E-state index in [1.807, 2.05) is 25.1 Å². The number of nitrogens with one attached hydrogen (secondary N) is 2. The lowest BCUT2D eigenvalue weighted by Gasteiger charge is -2.12. The molecule has 0 saturated carbocycles. The number of rotatable bonds is 7. The number of anilines is 1. The van der Waals surface area contributed by atoms with E-state index in [1.54, 1.807) is 7.11 Å². The highest BCUT2D eigenvalue weighted by Gasteiger charge is 2.09. The number of amides is 1. The molecule has 0 aromatic heterocycles. The fourth-order valence-electron chi connectivity index (χ4n) is 1.56.